The molecule has 2 atom stereocenters. The first kappa shape index (κ1) is 19.6. The average Bonchev–Trinajstić information content (AvgIpc) is 2.95. The van der Waals surface area contributed by atoms with Crippen LogP contribution in [-0.2, 0) is 16.9 Å². The molecule has 3 N–H and O–H groups in total. The lowest BCUT2D eigenvalue weighted by Crippen LogP contribution is -2.40. The number of Topliss-reactive ketones (excluding diaryl/α,β-unsaturated/α-hetero) is 1. The van der Waals surface area contributed by atoms with Gasteiger partial charge in [0, 0.05) is 41.5 Å². The third-order valence-corrected chi connectivity index (χ3v) is 5.02. The maximum absolute atomic E-state index is 13.0. The van der Waals surface area contributed by atoms with Gasteiger partial charge in [0.2, 0.25) is 0 Å². The van der Waals surface area contributed by atoms with Gasteiger partial charge in [0.15, 0.2) is 5.78 Å². The van der Waals surface area contributed by atoms with Gasteiger partial charge in [-0.15, -0.1) is 0 Å². The highest BCUT2D eigenvalue weighted by Crippen LogP contribution is 2.36. The first-order valence-corrected chi connectivity index (χ1v) is 9.91. The molecule has 1 aromatic heterocycles. The number of allylic oxidation sites excluding steroid dienone is 1. The molecular formula is C18H22N2O6S. The number of carbonyl (C=O) groups is 1. The quantitative estimate of drug-likeness (QED) is 0.502. The van der Waals surface area contributed by atoms with Gasteiger partial charge in [-0.05, 0) is 37.6 Å². The molecule has 0 amide bonds. The molecule has 9 heteroatoms. The fourth-order valence-corrected chi connectivity index (χ4v) is 3.81. The van der Waals surface area contributed by atoms with Crippen molar-refractivity contribution in [1.82, 2.24) is 9.88 Å². The highest BCUT2D eigenvalue weighted by atomic mass is 32.3. The summed E-state index contributed by atoms with van der Waals surface area (Å²) in [7, 11) is -3.00. The zero-order chi connectivity index (χ0) is 19.8. The zero-order valence-corrected chi connectivity index (χ0v) is 15.9. The van der Waals surface area contributed by atoms with E-state index < -0.39 is 10.4 Å². The summed E-state index contributed by atoms with van der Waals surface area (Å²) in [4.78, 5) is 18.8. The van der Waals surface area contributed by atoms with Crippen LogP contribution in [0.1, 0.15) is 29.4 Å². The second-order valence-corrected chi connectivity index (χ2v) is 7.51. The van der Waals surface area contributed by atoms with E-state index in [1.807, 2.05) is 19.1 Å². The summed E-state index contributed by atoms with van der Waals surface area (Å²) in [6.45, 7) is 4.78. The van der Waals surface area contributed by atoms with E-state index in [1.54, 1.807) is 7.11 Å². The maximum atomic E-state index is 13.0. The van der Waals surface area contributed by atoms with E-state index >= 15 is 0 Å². The van der Waals surface area contributed by atoms with E-state index in [9.17, 15) is 4.79 Å². The van der Waals surface area contributed by atoms with Crippen molar-refractivity contribution in [2.24, 2.45) is 5.92 Å². The van der Waals surface area contributed by atoms with E-state index in [4.69, 9.17) is 22.3 Å². The largest absolute Gasteiger partial charge is 0.497 e. The van der Waals surface area contributed by atoms with Crippen LogP contribution < -0.4 is 4.74 Å². The SMILES string of the molecule is C/C=C1/CN2CCC1C(=O)c1[nH]c3cc(OC)ccc3c1C2.O=S(=O)(O)O. The fraction of sp³-hybridized carbons (Fsp3) is 0.389. The molecule has 4 heterocycles. The number of carbonyl (C=O) groups excluding carboxylic acids is 1. The number of ether oxygens (including phenoxy) is 1. The molecule has 2 bridgehead atoms. The lowest BCUT2D eigenvalue weighted by atomic mass is 9.83. The third-order valence-electron chi connectivity index (χ3n) is 5.02. The number of rotatable bonds is 1. The van der Waals surface area contributed by atoms with Gasteiger partial charge < -0.3 is 9.72 Å². The van der Waals surface area contributed by atoms with Gasteiger partial charge in [-0.3, -0.25) is 18.8 Å². The fourth-order valence-electron chi connectivity index (χ4n) is 3.81. The summed E-state index contributed by atoms with van der Waals surface area (Å²) in [5.74, 6) is 1.10. The number of hydrogen-bond donors (Lipinski definition) is 3. The minimum atomic E-state index is -4.67. The van der Waals surface area contributed by atoms with Crippen LogP contribution in [0.4, 0.5) is 0 Å². The Kier molecular flexibility index (Phi) is 5.38. The average molecular weight is 394 g/mol. The molecule has 27 heavy (non-hydrogen) atoms. The zero-order valence-electron chi connectivity index (χ0n) is 15.1. The molecule has 5 rings (SSSR count). The Bertz CT molecular complexity index is 1000. The van der Waals surface area contributed by atoms with Crippen LogP contribution in [0.25, 0.3) is 10.9 Å². The molecule has 2 aromatic rings. The van der Waals surface area contributed by atoms with Gasteiger partial charge in [-0.1, -0.05) is 6.08 Å². The summed E-state index contributed by atoms with van der Waals surface area (Å²) >= 11 is 0. The van der Waals surface area contributed by atoms with Crippen molar-refractivity contribution in [3.8, 4) is 5.75 Å². The number of hydrogen-bond acceptors (Lipinski definition) is 5. The van der Waals surface area contributed by atoms with E-state index in [0.717, 1.165) is 54.0 Å². The van der Waals surface area contributed by atoms with Crippen molar-refractivity contribution in [2.75, 3.05) is 20.2 Å². The second-order valence-electron chi connectivity index (χ2n) is 6.62. The summed E-state index contributed by atoms with van der Waals surface area (Å²) in [5, 5.41) is 1.14. The van der Waals surface area contributed by atoms with Gasteiger partial charge in [0.25, 0.3) is 0 Å². The molecular weight excluding hydrogens is 372 g/mol. The molecule has 2 unspecified atom stereocenters. The molecule has 0 radical (unpaired) electrons. The number of H-pyrrole nitrogens is 1. The predicted octanol–water partition coefficient (Wildman–Crippen LogP) is 2.49. The number of nitrogens with zero attached hydrogens (tertiary/aromatic N) is 1. The number of fused-ring (bicyclic) bond motifs is 3. The lowest BCUT2D eigenvalue weighted by Gasteiger charge is -2.36. The number of aromatic amines is 1. The first-order valence-electron chi connectivity index (χ1n) is 8.51. The number of piperidine rings is 1. The monoisotopic (exact) mass is 394 g/mol. The highest BCUT2D eigenvalue weighted by Gasteiger charge is 2.35. The van der Waals surface area contributed by atoms with Crippen molar-refractivity contribution >= 4 is 27.1 Å². The molecule has 3 aliphatic rings. The number of ketones is 1. The number of methoxy groups -OCH3 is 1. The van der Waals surface area contributed by atoms with E-state index in [2.05, 4.69) is 22.0 Å². The van der Waals surface area contributed by atoms with Crippen LogP contribution in [0.2, 0.25) is 0 Å². The van der Waals surface area contributed by atoms with E-state index in [-0.39, 0.29) is 11.7 Å². The Labute approximate surface area is 157 Å². The summed E-state index contributed by atoms with van der Waals surface area (Å²) in [6.07, 6.45) is 3.04. The second kappa shape index (κ2) is 7.43. The predicted molar refractivity (Wildman–Crippen MR) is 100 cm³/mol. The molecule has 0 spiro atoms. The Morgan fingerprint density at radius 1 is 1.30 bits per heavy atom. The third kappa shape index (κ3) is 4.22. The molecule has 1 saturated heterocycles. The van der Waals surface area contributed by atoms with Crippen LogP contribution in [0.3, 0.4) is 0 Å². The Hall–Kier alpha value is -2.20. The Balaban J connectivity index is 0.000000376. The molecule has 1 aromatic carbocycles. The van der Waals surface area contributed by atoms with Gasteiger partial charge in [-0.25, -0.2) is 0 Å². The molecule has 146 valence electrons. The summed E-state index contributed by atoms with van der Waals surface area (Å²) in [6, 6.07) is 6.00. The van der Waals surface area contributed by atoms with Crippen LogP contribution in [-0.4, -0.2) is 53.4 Å². The highest BCUT2D eigenvalue weighted by molar-refractivity contribution is 7.79. The van der Waals surface area contributed by atoms with Crippen LogP contribution >= 0.6 is 0 Å². The van der Waals surface area contributed by atoms with E-state index in [0.29, 0.717) is 0 Å². The standard InChI is InChI=1S/C18H20N2O2.H2O4S/c1-3-11-9-20-7-6-13(11)18(21)17-15(10-20)14-5-4-12(22-2)8-16(14)19-17;1-5(2,3)4/h3-5,8,13,19H,6-7,9-10H2,1-2H3;(H2,1,2,3,4)/b11-3-;. The summed E-state index contributed by atoms with van der Waals surface area (Å²) < 4.78 is 36.9. The van der Waals surface area contributed by atoms with Crippen molar-refractivity contribution in [3.05, 3.63) is 41.1 Å². The van der Waals surface area contributed by atoms with Crippen molar-refractivity contribution in [3.63, 3.8) is 0 Å². The minimum Gasteiger partial charge on any atom is -0.497 e. The van der Waals surface area contributed by atoms with Gasteiger partial charge in [-0.2, -0.15) is 8.42 Å². The van der Waals surface area contributed by atoms with Crippen molar-refractivity contribution in [2.45, 2.75) is 19.9 Å². The molecule has 8 nitrogen and oxygen atoms in total. The van der Waals surface area contributed by atoms with Crippen LogP contribution in [0.5, 0.6) is 5.75 Å². The molecule has 0 saturated carbocycles. The lowest BCUT2D eigenvalue weighted by molar-refractivity contribution is 0.0875. The number of aromatic nitrogens is 1. The first-order chi connectivity index (χ1) is 12.7. The smallest absolute Gasteiger partial charge is 0.394 e. The Morgan fingerprint density at radius 3 is 2.63 bits per heavy atom. The Morgan fingerprint density at radius 2 is 2.00 bits per heavy atom. The van der Waals surface area contributed by atoms with Crippen LogP contribution in [0, 0.1) is 5.92 Å². The maximum Gasteiger partial charge on any atom is 0.394 e. The van der Waals surface area contributed by atoms with Gasteiger partial charge >= 0.3 is 10.4 Å². The molecule has 3 aliphatic heterocycles. The van der Waals surface area contributed by atoms with E-state index in [1.165, 1.54) is 5.57 Å². The minimum absolute atomic E-state index is 0.0373. The van der Waals surface area contributed by atoms with Crippen molar-refractivity contribution in [1.29, 1.82) is 0 Å². The molecule has 1 fully saturated rings. The normalized spacial score (nSPS) is 23.4. The van der Waals surface area contributed by atoms with Gasteiger partial charge in [0.05, 0.1) is 12.8 Å². The number of nitrogens with one attached hydrogen (secondary N) is 1. The number of benzene rings is 1. The van der Waals surface area contributed by atoms with Crippen LogP contribution in [0.15, 0.2) is 29.8 Å². The van der Waals surface area contributed by atoms with Gasteiger partial charge in [0.1, 0.15) is 5.75 Å². The topological polar surface area (TPSA) is 120 Å². The molecule has 0 aliphatic carbocycles. The van der Waals surface area contributed by atoms with Crippen molar-refractivity contribution < 1.29 is 27.1 Å². The summed E-state index contributed by atoms with van der Waals surface area (Å²) in [5.41, 5.74) is 4.18.